The van der Waals surface area contributed by atoms with Crippen LogP contribution in [-0.2, 0) is 9.53 Å². The Morgan fingerprint density at radius 1 is 1.19 bits per heavy atom. The Hall–Kier alpha value is -2.77. The van der Waals surface area contributed by atoms with Crippen molar-refractivity contribution in [3.63, 3.8) is 0 Å². The highest BCUT2D eigenvalue weighted by Gasteiger charge is 2.23. The predicted molar refractivity (Wildman–Crippen MR) is 72.1 cm³/mol. The summed E-state index contributed by atoms with van der Waals surface area (Å²) in [6.45, 7) is 1.31. The number of ether oxygens (including phenoxy) is 3. The average molecular weight is 296 g/mol. The summed E-state index contributed by atoms with van der Waals surface area (Å²) in [4.78, 5) is 34.1. The molecule has 114 valence electrons. The van der Waals surface area contributed by atoms with Crippen molar-refractivity contribution < 1.29 is 28.6 Å². The van der Waals surface area contributed by atoms with E-state index >= 15 is 0 Å². The molecule has 0 saturated carbocycles. The van der Waals surface area contributed by atoms with Crippen molar-refractivity contribution in [3.05, 3.63) is 23.8 Å². The van der Waals surface area contributed by atoms with Gasteiger partial charge in [-0.05, 0) is 19.1 Å². The number of amides is 3. The van der Waals surface area contributed by atoms with Crippen LogP contribution in [0.15, 0.2) is 18.2 Å². The second-order valence-electron chi connectivity index (χ2n) is 3.94. The summed E-state index contributed by atoms with van der Waals surface area (Å²) in [6.07, 6.45) is -1.19. The molecule has 3 N–H and O–H groups in total. The van der Waals surface area contributed by atoms with Crippen molar-refractivity contribution >= 4 is 17.9 Å². The van der Waals surface area contributed by atoms with E-state index in [1.807, 2.05) is 5.32 Å². The molecule has 21 heavy (non-hydrogen) atoms. The van der Waals surface area contributed by atoms with Crippen molar-refractivity contribution in [2.75, 3.05) is 14.2 Å². The molecule has 8 heteroatoms. The largest absolute Gasteiger partial charge is 0.493 e. The van der Waals surface area contributed by atoms with Crippen LogP contribution in [0.2, 0.25) is 0 Å². The van der Waals surface area contributed by atoms with Gasteiger partial charge < -0.3 is 19.9 Å². The van der Waals surface area contributed by atoms with Gasteiger partial charge in [-0.1, -0.05) is 6.07 Å². The molecule has 0 spiro atoms. The van der Waals surface area contributed by atoms with Gasteiger partial charge in [0.1, 0.15) is 5.56 Å². The average Bonchev–Trinajstić information content (AvgIpc) is 2.45. The van der Waals surface area contributed by atoms with E-state index < -0.39 is 24.0 Å². The zero-order valence-corrected chi connectivity index (χ0v) is 11.8. The fourth-order valence-electron chi connectivity index (χ4n) is 1.55. The first-order valence-corrected chi connectivity index (χ1v) is 5.93. The first-order chi connectivity index (χ1) is 9.90. The SMILES string of the molecule is COc1cccc(C(=O)O[C@H](C)C(=O)NC(N)=O)c1OC. The highest BCUT2D eigenvalue weighted by molar-refractivity contribution is 5.99. The third-order valence-electron chi connectivity index (χ3n) is 2.52. The van der Waals surface area contributed by atoms with E-state index in [0.717, 1.165) is 0 Å². The van der Waals surface area contributed by atoms with Crippen LogP contribution < -0.4 is 20.5 Å². The Morgan fingerprint density at radius 2 is 1.86 bits per heavy atom. The molecule has 8 nitrogen and oxygen atoms in total. The van der Waals surface area contributed by atoms with Crippen LogP contribution in [0.25, 0.3) is 0 Å². The molecule has 0 aliphatic rings. The molecule has 0 radical (unpaired) electrons. The van der Waals surface area contributed by atoms with Gasteiger partial charge >= 0.3 is 12.0 Å². The van der Waals surface area contributed by atoms with E-state index in [-0.39, 0.29) is 11.3 Å². The lowest BCUT2D eigenvalue weighted by Crippen LogP contribution is -2.42. The highest BCUT2D eigenvalue weighted by Crippen LogP contribution is 2.31. The molecule has 0 unspecified atom stereocenters. The summed E-state index contributed by atoms with van der Waals surface area (Å²) in [5.41, 5.74) is 4.90. The van der Waals surface area contributed by atoms with Crippen molar-refractivity contribution in [1.29, 1.82) is 0 Å². The van der Waals surface area contributed by atoms with Gasteiger partial charge in [0.2, 0.25) is 0 Å². The number of benzene rings is 1. The Balaban J connectivity index is 2.89. The molecule has 0 saturated heterocycles. The van der Waals surface area contributed by atoms with Gasteiger partial charge in [0.15, 0.2) is 17.6 Å². The summed E-state index contributed by atoms with van der Waals surface area (Å²) >= 11 is 0. The second-order valence-corrected chi connectivity index (χ2v) is 3.94. The minimum Gasteiger partial charge on any atom is -0.493 e. The van der Waals surface area contributed by atoms with E-state index in [1.54, 1.807) is 12.1 Å². The van der Waals surface area contributed by atoms with Gasteiger partial charge in [0.05, 0.1) is 14.2 Å². The van der Waals surface area contributed by atoms with Crippen molar-refractivity contribution in [3.8, 4) is 11.5 Å². The number of nitrogens with one attached hydrogen (secondary N) is 1. The lowest BCUT2D eigenvalue weighted by atomic mass is 10.2. The number of carbonyl (C=O) groups excluding carboxylic acids is 3. The Labute approximate surface area is 121 Å². The highest BCUT2D eigenvalue weighted by atomic mass is 16.6. The van der Waals surface area contributed by atoms with Crippen LogP contribution in [0.5, 0.6) is 11.5 Å². The molecule has 0 aromatic heterocycles. The zero-order chi connectivity index (χ0) is 16.0. The van der Waals surface area contributed by atoms with Crippen LogP contribution in [0, 0.1) is 0 Å². The fourth-order valence-corrected chi connectivity index (χ4v) is 1.55. The molecule has 1 rings (SSSR count). The van der Waals surface area contributed by atoms with Crippen LogP contribution >= 0.6 is 0 Å². The van der Waals surface area contributed by atoms with E-state index in [1.165, 1.54) is 27.2 Å². The zero-order valence-electron chi connectivity index (χ0n) is 11.8. The Bertz CT molecular complexity index is 558. The maximum atomic E-state index is 12.0. The summed E-state index contributed by atoms with van der Waals surface area (Å²) in [5, 5.41) is 1.82. The standard InChI is InChI=1S/C13H16N2O6/c1-7(11(16)15-13(14)18)21-12(17)8-5-4-6-9(19-2)10(8)20-3/h4-7H,1-3H3,(H3,14,15,16,18)/t7-/m1/s1. The van der Waals surface area contributed by atoms with Gasteiger partial charge in [-0.25, -0.2) is 9.59 Å². The molecule has 0 aliphatic carbocycles. The number of imide groups is 1. The lowest BCUT2D eigenvalue weighted by molar-refractivity contribution is -0.127. The van der Waals surface area contributed by atoms with Crippen LogP contribution in [0.3, 0.4) is 0 Å². The summed E-state index contributed by atoms with van der Waals surface area (Å²) in [5.74, 6) is -1.08. The number of para-hydroxylation sites is 1. The third kappa shape index (κ3) is 4.10. The van der Waals surface area contributed by atoms with Crippen LogP contribution in [-0.4, -0.2) is 38.2 Å². The third-order valence-corrected chi connectivity index (χ3v) is 2.52. The number of hydrogen-bond acceptors (Lipinski definition) is 6. The number of hydrogen-bond donors (Lipinski definition) is 2. The molecule has 3 amide bonds. The molecule has 0 bridgehead atoms. The van der Waals surface area contributed by atoms with E-state index in [9.17, 15) is 14.4 Å². The van der Waals surface area contributed by atoms with Gasteiger partial charge in [0.25, 0.3) is 5.91 Å². The molecule has 1 aromatic rings. The van der Waals surface area contributed by atoms with Gasteiger partial charge in [-0.2, -0.15) is 0 Å². The number of methoxy groups -OCH3 is 2. The molecule has 1 aromatic carbocycles. The second kappa shape index (κ2) is 7.13. The number of urea groups is 1. The number of nitrogens with two attached hydrogens (primary N) is 1. The molecular formula is C13H16N2O6. The normalized spacial score (nSPS) is 11.2. The molecule has 0 aliphatic heterocycles. The predicted octanol–water partition coefficient (Wildman–Crippen LogP) is 0.444. The minimum absolute atomic E-state index is 0.0931. The van der Waals surface area contributed by atoms with E-state index in [2.05, 4.69) is 0 Å². The Kier molecular flexibility index (Phi) is 5.53. The van der Waals surface area contributed by atoms with Crippen LogP contribution in [0.4, 0.5) is 4.79 Å². The summed E-state index contributed by atoms with van der Waals surface area (Å²) < 4.78 is 15.1. The lowest BCUT2D eigenvalue weighted by Gasteiger charge is -2.15. The molecular weight excluding hydrogens is 280 g/mol. The van der Waals surface area contributed by atoms with Crippen molar-refractivity contribution in [2.24, 2.45) is 5.73 Å². The summed E-state index contributed by atoms with van der Waals surface area (Å²) in [7, 11) is 2.80. The first-order valence-electron chi connectivity index (χ1n) is 5.93. The van der Waals surface area contributed by atoms with E-state index in [4.69, 9.17) is 19.9 Å². The molecule has 0 fully saturated rings. The molecule has 1 atom stereocenters. The number of carbonyl (C=O) groups is 3. The van der Waals surface area contributed by atoms with Gasteiger partial charge in [0, 0.05) is 0 Å². The monoisotopic (exact) mass is 296 g/mol. The summed E-state index contributed by atoms with van der Waals surface area (Å²) in [6, 6.07) is 3.62. The minimum atomic E-state index is -1.19. The van der Waals surface area contributed by atoms with Crippen LogP contribution in [0.1, 0.15) is 17.3 Å². The maximum absolute atomic E-state index is 12.0. The van der Waals surface area contributed by atoms with Crippen molar-refractivity contribution in [2.45, 2.75) is 13.0 Å². The quantitative estimate of drug-likeness (QED) is 0.762. The number of esters is 1. The maximum Gasteiger partial charge on any atom is 0.342 e. The van der Waals surface area contributed by atoms with Crippen molar-refractivity contribution in [1.82, 2.24) is 5.32 Å². The molecule has 0 heterocycles. The number of rotatable bonds is 5. The number of primary amides is 1. The van der Waals surface area contributed by atoms with Gasteiger partial charge in [-0.3, -0.25) is 10.1 Å². The fraction of sp³-hybridized carbons (Fsp3) is 0.308. The Morgan fingerprint density at radius 3 is 2.38 bits per heavy atom. The topological polar surface area (TPSA) is 117 Å². The van der Waals surface area contributed by atoms with E-state index in [0.29, 0.717) is 5.75 Å². The van der Waals surface area contributed by atoms with Gasteiger partial charge in [-0.15, -0.1) is 0 Å². The smallest absolute Gasteiger partial charge is 0.342 e. The first kappa shape index (κ1) is 16.3.